The summed E-state index contributed by atoms with van der Waals surface area (Å²) in [5, 5.41) is 9.16. The van der Waals surface area contributed by atoms with Crippen molar-refractivity contribution < 1.29 is 9.90 Å². The Labute approximate surface area is 80.3 Å². The zero-order valence-electron chi connectivity index (χ0n) is 8.51. The molecule has 0 unspecified atom stereocenters. The smallest absolute Gasteiger partial charge is 0.309 e. The Morgan fingerprint density at radius 3 is 2.38 bits per heavy atom. The normalized spacial score (nSPS) is 20.4. The molecule has 0 amide bonds. The van der Waals surface area contributed by atoms with E-state index >= 15 is 0 Å². The van der Waals surface area contributed by atoms with Crippen molar-refractivity contribution >= 4 is 5.97 Å². The highest BCUT2D eigenvalue weighted by atomic mass is 16.4. The van der Waals surface area contributed by atoms with Gasteiger partial charge in [0.25, 0.3) is 0 Å². The van der Waals surface area contributed by atoms with Crippen LogP contribution in [0, 0.1) is 5.41 Å². The first-order chi connectivity index (χ1) is 6.21. The molecule has 1 fully saturated rings. The third kappa shape index (κ3) is 2.45. The molecule has 0 heterocycles. The minimum Gasteiger partial charge on any atom is -0.481 e. The fraction of sp³-hybridized carbons (Fsp3) is 0.909. The minimum absolute atomic E-state index is 0.338. The first kappa shape index (κ1) is 10.6. The molecule has 2 nitrogen and oxygen atoms in total. The number of aliphatic carboxylic acids is 1. The van der Waals surface area contributed by atoms with Gasteiger partial charge in [-0.2, -0.15) is 0 Å². The standard InChI is InChI=1S/C11H20O2/c1-2-3-4-7-11(10(12)13)8-5-6-9-11/h2-9H2,1H3,(H,12,13). The van der Waals surface area contributed by atoms with E-state index in [1.54, 1.807) is 0 Å². The first-order valence-electron chi connectivity index (χ1n) is 5.45. The van der Waals surface area contributed by atoms with Crippen molar-refractivity contribution in [1.29, 1.82) is 0 Å². The Hall–Kier alpha value is -0.530. The summed E-state index contributed by atoms with van der Waals surface area (Å²) < 4.78 is 0. The number of carbonyl (C=O) groups is 1. The van der Waals surface area contributed by atoms with Gasteiger partial charge in [0.2, 0.25) is 0 Å². The fourth-order valence-corrected chi connectivity index (χ4v) is 2.34. The van der Waals surface area contributed by atoms with Gasteiger partial charge < -0.3 is 5.11 Å². The number of carboxylic acid groups (broad SMARTS) is 1. The maximum atomic E-state index is 11.1. The number of unbranched alkanes of at least 4 members (excludes halogenated alkanes) is 2. The summed E-state index contributed by atoms with van der Waals surface area (Å²) in [6, 6.07) is 0. The van der Waals surface area contributed by atoms with Crippen LogP contribution in [0.25, 0.3) is 0 Å². The Balaban J connectivity index is 2.43. The van der Waals surface area contributed by atoms with Gasteiger partial charge in [0.15, 0.2) is 0 Å². The van der Waals surface area contributed by atoms with Crippen LogP contribution in [0.4, 0.5) is 0 Å². The monoisotopic (exact) mass is 184 g/mol. The van der Waals surface area contributed by atoms with Crippen LogP contribution in [0.3, 0.4) is 0 Å². The van der Waals surface area contributed by atoms with Crippen LogP contribution in [-0.4, -0.2) is 11.1 Å². The first-order valence-corrected chi connectivity index (χ1v) is 5.45. The molecule has 0 aromatic rings. The second-order valence-electron chi connectivity index (χ2n) is 4.25. The number of rotatable bonds is 5. The lowest BCUT2D eigenvalue weighted by Gasteiger charge is -2.23. The molecule has 0 atom stereocenters. The molecule has 1 aliphatic rings. The summed E-state index contributed by atoms with van der Waals surface area (Å²) in [5.74, 6) is -0.555. The summed E-state index contributed by atoms with van der Waals surface area (Å²) in [7, 11) is 0. The highest BCUT2D eigenvalue weighted by Gasteiger charge is 2.40. The third-order valence-electron chi connectivity index (χ3n) is 3.27. The molecule has 1 N–H and O–H groups in total. The second-order valence-corrected chi connectivity index (χ2v) is 4.25. The molecule has 2 heteroatoms. The Kier molecular flexibility index (Phi) is 3.76. The van der Waals surface area contributed by atoms with E-state index in [2.05, 4.69) is 6.92 Å². The van der Waals surface area contributed by atoms with Crippen LogP contribution in [0.15, 0.2) is 0 Å². The van der Waals surface area contributed by atoms with Gasteiger partial charge in [-0.25, -0.2) is 0 Å². The molecular weight excluding hydrogens is 164 g/mol. The Bertz CT molecular complexity index is 169. The zero-order chi connectivity index (χ0) is 9.73. The maximum absolute atomic E-state index is 11.1. The molecule has 1 rings (SSSR count). The maximum Gasteiger partial charge on any atom is 0.309 e. The molecule has 0 saturated heterocycles. The predicted molar refractivity (Wildman–Crippen MR) is 52.7 cm³/mol. The van der Waals surface area contributed by atoms with E-state index in [9.17, 15) is 4.79 Å². The molecule has 0 spiro atoms. The van der Waals surface area contributed by atoms with Crippen LogP contribution in [0.5, 0.6) is 0 Å². The van der Waals surface area contributed by atoms with Gasteiger partial charge >= 0.3 is 5.97 Å². The van der Waals surface area contributed by atoms with Crippen molar-refractivity contribution in [1.82, 2.24) is 0 Å². The number of hydrogen-bond donors (Lipinski definition) is 1. The molecule has 76 valence electrons. The lowest BCUT2D eigenvalue weighted by Crippen LogP contribution is -2.27. The van der Waals surface area contributed by atoms with Gasteiger partial charge in [0.05, 0.1) is 5.41 Å². The van der Waals surface area contributed by atoms with E-state index in [4.69, 9.17) is 5.11 Å². The van der Waals surface area contributed by atoms with Gasteiger partial charge in [-0.3, -0.25) is 4.79 Å². The van der Waals surface area contributed by atoms with Gasteiger partial charge in [-0.05, 0) is 19.3 Å². The van der Waals surface area contributed by atoms with Crippen LogP contribution >= 0.6 is 0 Å². The summed E-state index contributed by atoms with van der Waals surface area (Å²) >= 11 is 0. The lowest BCUT2D eigenvalue weighted by atomic mass is 9.81. The molecule has 0 aromatic heterocycles. The predicted octanol–water partition coefficient (Wildman–Crippen LogP) is 3.21. The summed E-state index contributed by atoms with van der Waals surface area (Å²) in [6.07, 6.45) is 8.37. The van der Waals surface area contributed by atoms with E-state index < -0.39 is 5.97 Å². The van der Waals surface area contributed by atoms with Gasteiger partial charge in [0, 0.05) is 0 Å². The highest BCUT2D eigenvalue weighted by molar-refractivity contribution is 5.74. The van der Waals surface area contributed by atoms with Crippen LogP contribution < -0.4 is 0 Å². The van der Waals surface area contributed by atoms with Crippen molar-refractivity contribution in [3.8, 4) is 0 Å². The van der Waals surface area contributed by atoms with E-state index in [0.717, 1.165) is 38.5 Å². The Morgan fingerprint density at radius 1 is 1.31 bits per heavy atom. The van der Waals surface area contributed by atoms with Crippen molar-refractivity contribution in [2.24, 2.45) is 5.41 Å². The van der Waals surface area contributed by atoms with Crippen LogP contribution in [-0.2, 0) is 4.79 Å². The number of carboxylic acids is 1. The molecule has 0 bridgehead atoms. The highest BCUT2D eigenvalue weighted by Crippen LogP contribution is 2.42. The lowest BCUT2D eigenvalue weighted by molar-refractivity contribution is -0.149. The molecular formula is C11H20O2. The quantitative estimate of drug-likeness (QED) is 0.666. The van der Waals surface area contributed by atoms with Crippen molar-refractivity contribution in [3.63, 3.8) is 0 Å². The van der Waals surface area contributed by atoms with Crippen molar-refractivity contribution in [3.05, 3.63) is 0 Å². The van der Waals surface area contributed by atoms with E-state index in [-0.39, 0.29) is 5.41 Å². The summed E-state index contributed by atoms with van der Waals surface area (Å²) in [5.41, 5.74) is -0.338. The summed E-state index contributed by atoms with van der Waals surface area (Å²) in [4.78, 5) is 11.1. The molecule has 1 saturated carbocycles. The average Bonchev–Trinajstić information content (AvgIpc) is 2.55. The third-order valence-corrected chi connectivity index (χ3v) is 3.27. The van der Waals surface area contributed by atoms with Gasteiger partial charge in [-0.1, -0.05) is 39.0 Å². The van der Waals surface area contributed by atoms with Crippen LogP contribution in [0.2, 0.25) is 0 Å². The van der Waals surface area contributed by atoms with Crippen LogP contribution in [0.1, 0.15) is 58.3 Å². The molecule has 0 radical (unpaired) electrons. The minimum atomic E-state index is -0.555. The van der Waals surface area contributed by atoms with E-state index in [1.807, 2.05) is 0 Å². The van der Waals surface area contributed by atoms with Gasteiger partial charge in [0.1, 0.15) is 0 Å². The zero-order valence-corrected chi connectivity index (χ0v) is 8.51. The SMILES string of the molecule is CCCCCC1(C(=O)O)CCCC1. The molecule has 0 aliphatic heterocycles. The molecule has 0 aromatic carbocycles. The van der Waals surface area contributed by atoms with E-state index in [0.29, 0.717) is 0 Å². The van der Waals surface area contributed by atoms with Crippen molar-refractivity contribution in [2.45, 2.75) is 58.3 Å². The topological polar surface area (TPSA) is 37.3 Å². The van der Waals surface area contributed by atoms with E-state index in [1.165, 1.54) is 12.8 Å². The van der Waals surface area contributed by atoms with Gasteiger partial charge in [-0.15, -0.1) is 0 Å². The van der Waals surface area contributed by atoms with Crippen molar-refractivity contribution in [2.75, 3.05) is 0 Å². The average molecular weight is 184 g/mol. The number of hydrogen-bond acceptors (Lipinski definition) is 1. The Morgan fingerprint density at radius 2 is 1.92 bits per heavy atom. The fourth-order valence-electron chi connectivity index (χ4n) is 2.34. The largest absolute Gasteiger partial charge is 0.481 e. The second kappa shape index (κ2) is 4.64. The molecule has 1 aliphatic carbocycles. The molecule has 13 heavy (non-hydrogen) atoms. The summed E-state index contributed by atoms with van der Waals surface area (Å²) in [6.45, 7) is 2.15.